The van der Waals surface area contributed by atoms with E-state index in [-0.39, 0.29) is 0 Å². The molecular formula is C54H36N2. The second kappa shape index (κ2) is 12.2. The lowest BCUT2D eigenvalue weighted by molar-refractivity contribution is 0.979. The number of aromatic nitrogens is 2. The minimum atomic E-state index is 1.03. The van der Waals surface area contributed by atoms with E-state index in [1.807, 2.05) is 0 Å². The van der Waals surface area contributed by atoms with E-state index in [2.05, 4.69) is 203 Å². The highest BCUT2D eigenvalue weighted by Crippen LogP contribution is 2.41. The first-order valence-electron chi connectivity index (χ1n) is 19.7. The van der Waals surface area contributed by atoms with Crippen LogP contribution in [0.4, 0.5) is 0 Å². The van der Waals surface area contributed by atoms with Crippen molar-refractivity contribution >= 4 is 81.6 Å². The van der Waals surface area contributed by atoms with Crippen LogP contribution in [0.1, 0.15) is 12.8 Å². The molecule has 0 N–H and O–H groups in total. The Labute approximate surface area is 324 Å². The van der Waals surface area contributed by atoms with E-state index in [1.165, 1.54) is 110 Å². The van der Waals surface area contributed by atoms with Gasteiger partial charge in [0, 0.05) is 32.9 Å². The Morgan fingerprint density at radius 3 is 1.52 bits per heavy atom. The Morgan fingerprint density at radius 1 is 0.321 bits per heavy atom. The van der Waals surface area contributed by atoms with Crippen molar-refractivity contribution < 1.29 is 0 Å². The van der Waals surface area contributed by atoms with E-state index in [9.17, 15) is 0 Å². The monoisotopic (exact) mass is 712 g/mol. The topological polar surface area (TPSA) is 9.86 Å². The Kier molecular flexibility index (Phi) is 6.79. The maximum Gasteiger partial charge on any atom is 0.0544 e. The molecule has 2 aromatic heterocycles. The van der Waals surface area contributed by atoms with Gasteiger partial charge in [0.05, 0.1) is 22.1 Å². The summed E-state index contributed by atoms with van der Waals surface area (Å²) in [4.78, 5) is 0. The van der Waals surface area contributed by atoms with E-state index in [0.29, 0.717) is 0 Å². The summed E-state index contributed by atoms with van der Waals surface area (Å²) in [7, 11) is 0. The van der Waals surface area contributed by atoms with Crippen LogP contribution in [0.15, 0.2) is 194 Å². The Balaban J connectivity index is 1.04. The minimum absolute atomic E-state index is 1.03. The maximum atomic E-state index is 2.50. The summed E-state index contributed by atoms with van der Waals surface area (Å²) in [6.45, 7) is 0. The molecule has 0 aliphatic heterocycles. The molecule has 0 bridgehead atoms. The van der Waals surface area contributed by atoms with Gasteiger partial charge in [0.25, 0.3) is 0 Å². The van der Waals surface area contributed by atoms with Crippen LogP contribution in [0.2, 0.25) is 0 Å². The number of para-hydroxylation sites is 1. The average molecular weight is 713 g/mol. The number of nitrogens with zero attached hydrogens (tertiary/aromatic N) is 2. The van der Waals surface area contributed by atoms with E-state index in [4.69, 9.17) is 0 Å². The van der Waals surface area contributed by atoms with Crippen LogP contribution in [0, 0.1) is 0 Å². The van der Waals surface area contributed by atoms with Crippen molar-refractivity contribution in [3.63, 3.8) is 0 Å². The van der Waals surface area contributed by atoms with Crippen molar-refractivity contribution in [3.05, 3.63) is 194 Å². The summed E-state index contributed by atoms with van der Waals surface area (Å²) in [6, 6.07) is 65.3. The van der Waals surface area contributed by atoms with Gasteiger partial charge in [-0.05, 0) is 122 Å². The zero-order valence-electron chi connectivity index (χ0n) is 30.8. The SMILES string of the molecule is C1=CCCC(n2c3ccc(-c4ccc5c(c4)c4ccccc4n5-c4ccc5c6ccccc6c6ccccc6c5c4)cc3c3ccc(-c4ccccc4)cc32)=C1. The zero-order chi connectivity index (χ0) is 36.7. The van der Waals surface area contributed by atoms with Crippen LogP contribution in [-0.4, -0.2) is 9.13 Å². The smallest absolute Gasteiger partial charge is 0.0544 e. The summed E-state index contributed by atoms with van der Waals surface area (Å²) in [5, 5.41) is 12.8. The summed E-state index contributed by atoms with van der Waals surface area (Å²) >= 11 is 0. The van der Waals surface area contributed by atoms with Gasteiger partial charge in [-0.3, -0.25) is 0 Å². The molecule has 0 saturated heterocycles. The molecule has 11 aromatic rings. The van der Waals surface area contributed by atoms with Crippen molar-refractivity contribution in [2.75, 3.05) is 0 Å². The Hall–Kier alpha value is -7.16. The molecule has 0 radical (unpaired) electrons. The van der Waals surface area contributed by atoms with Gasteiger partial charge in [-0.2, -0.15) is 0 Å². The molecule has 262 valence electrons. The number of allylic oxidation sites excluding steroid dienone is 4. The first-order chi connectivity index (χ1) is 27.8. The molecule has 0 saturated carbocycles. The molecule has 1 aliphatic carbocycles. The normalized spacial score (nSPS) is 13.2. The van der Waals surface area contributed by atoms with Crippen molar-refractivity contribution in [2.45, 2.75) is 12.8 Å². The van der Waals surface area contributed by atoms with Gasteiger partial charge in [-0.15, -0.1) is 0 Å². The first kappa shape index (κ1) is 31.2. The highest BCUT2D eigenvalue weighted by molar-refractivity contribution is 6.25. The third kappa shape index (κ3) is 4.63. The average Bonchev–Trinajstić information content (AvgIpc) is 3.78. The number of benzene rings is 9. The minimum Gasteiger partial charge on any atom is -0.313 e. The summed E-state index contributed by atoms with van der Waals surface area (Å²) in [5.41, 5.74) is 12.4. The summed E-state index contributed by atoms with van der Waals surface area (Å²) in [6.07, 6.45) is 8.85. The highest BCUT2D eigenvalue weighted by Gasteiger charge is 2.19. The molecule has 0 atom stereocenters. The van der Waals surface area contributed by atoms with E-state index in [0.717, 1.165) is 12.8 Å². The fraction of sp³-hybridized carbons (Fsp3) is 0.0370. The quantitative estimate of drug-likeness (QED) is 0.161. The maximum absolute atomic E-state index is 2.50. The van der Waals surface area contributed by atoms with Crippen LogP contribution in [0.3, 0.4) is 0 Å². The summed E-state index contributed by atoms with van der Waals surface area (Å²) < 4.78 is 4.95. The molecule has 0 spiro atoms. The zero-order valence-corrected chi connectivity index (χ0v) is 30.8. The molecule has 1 aliphatic rings. The second-order valence-corrected chi connectivity index (χ2v) is 15.2. The predicted octanol–water partition coefficient (Wildman–Crippen LogP) is 14.9. The highest BCUT2D eigenvalue weighted by atomic mass is 15.0. The molecule has 0 amide bonds. The third-order valence-electron chi connectivity index (χ3n) is 12.1. The molecule has 2 nitrogen and oxygen atoms in total. The van der Waals surface area contributed by atoms with Crippen LogP contribution in [0.25, 0.3) is 110 Å². The van der Waals surface area contributed by atoms with Crippen LogP contribution in [0.5, 0.6) is 0 Å². The summed E-state index contributed by atoms with van der Waals surface area (Å²) in [5.74, 6) is 0. The molecule has 9 aromatic carbocycles. The Bertz CT molecular complexity index is 3430. The molecule has 0 unspecified atom stereocenters. The lowest BCUT2D eigenvalue weighted by Gasteiger charge is -2.14. The Morgan fingerprint density at radius 2 is 0.839 bits per heavy atom. The second-order valence-electron chi connectivity index (χ2n) is 15.2. The molecule has 0 fully saturated rings. The van der Waals surface area contributed by atoms with Gasteiger partial charge in [0.15, 0.2) is 0 Å². The predicted molar refractivity (Wildman–Crippen MR) is 240 cm³/mol. The van der Waals surface area contributed by atoms with Crippen LogP contribution < -0.4 is 0 Å². The third-order valence-corrected chi connectivity index (χ3v) is 12.1. The van der Waals surface area contributed by atoms with Crippen molar-refractivity contribution in [3.8, 4) is 27.9 Å². The van der Waals surface area contributed by atoms with Crippen molar-refractivity contribution in [1.82, 2.24) is 9.13 Å². The van der Waals surface area contributed by atoms with Gasteiger partial charge >= 0.3 is 0 Å². The molecule has 56 heavy (non-hydrogen) atoms. The lowest BCUT2D eigenvalue weighted by atomic mass is 9.94. The fourth-order valence-electron chi connectivity index (χ4n) is 9.56. The van der Waals surface area contributed by atoms with Gasteiger partial charge < -0.3 is 9.13 Å². The molecular weight excluding hydrogens is 677 g/mol. The molecule has 12 rings (SSSR count). The van der Waals surface area contributed by atoms with E-state index >= 15 is 0 Å². The largest absolute Gasteiger partial charge is 0.313 e. The number of rotatable bonds is 4. The van der Waals surface area contributed by atoms with E-state index in [1.54, 1.807) is 0 Å². The standard InChI is InChI=1S/C54H36N2/c1-3-13-35(14-4-1)38-23-27-47-50-32-37(24-29-52(50)55(54(47)33-38)39-15-5-2-6-16-39)36-25-30-53-49(31-36)46-21-11-12-22-51(46)56(53)40-26-28-45-43-19-8-7-17-41(43)42-18-9-10-20-44(42)48(45)34-40/h1-5,7-15,17-34H,6,16H2. The van der Waals surface area contributed by atoms with Crippen molar-refractivity contribution in [1.29, 1.82) is 0 Å². The molecule has 2 heterocycles. The number of hydrogen-bond donors (Lipinski definition) is 0. The number of fused-ring (bicyclic) bond motifs is 12. The first-order valence-corrected chi connectivity index (χ1v) is 19.7. The fourth-order valence-corrected chi connectivity index (χ4v) is 9.56. The van der Waals surface area contributed by atoms with E-state index < -0.39 is 0 Å². The lowest BCUT2D eigenvalue weighted by Crippen LogP contribution is -1.98. The van der Waals surface area contributed by atoms with Crippen molar-refractivity contribution in [2.24, 2.45) is 0 Å². The van der Waals surface area contributed by atoms with Gasteiger partial charge in [-0.25, -0.2) is 0 Å². The van der Waals surface area contributed by atoms with Crippen LogP contribution in [-0.2, 0) is 0 Å². The van der Waals surface area contributed by atoms with Gasteiger partial charge in [-0.1, -0.05) is 140 Å². The van der Waals surface area contributed by atoms with Gasteiger partial charge in [0.1, 0.15) is 0 Å². The molecule has 2 heteroatoms. The number of hydrogen-bond acceptors (Lipinski definition) is 0. The van der Waals surface area contributed by atoms with Crippen LogP contribution >= 0.6 is 0 Å². The van der Waals surface area contributed by atoms with Gasteiger partial charge in [0.2, 0.25) is 0 Å².